The fourth-order valence-corrected chi connectivity index (χ4v) is 3.11. The zero-order valence-electron chi connectivity index (χ0n) is 21.7. The van der Waals surface area contributed by atoms with E-state index in [4.69, 9.17) is 23.7 Å². The second-order valence-corrected chi connectivity index (χ2v) is 8.83. The second-order valence-electron chi connectivity index (χ2n) is 8.83. The van der Waals surface area contributed by atoms with Crippen LogP contribution in [0.3, 0.4) is 0 Å². The fraction of sp³-hybridized carbons (Fsp3) is 0.667. The number of hydrogen-bond donors (Lipinski definition) is 0. The number of benzene rings is 1. The number of ether oxygens (including phenoxy) is 5. The van der Waals surface area contributed by atoms with Crippen molar-refractivity contribution in [3.63, 3.8) is 0 Å². The Kier molecular flexibility index (Phi) is 16.4. The Balaban J connectivity index is 2.06. The molecule has 0 fully saturated rings. The fourth-order valence-electron chi connectivity index (χ4n) is 3.11. The molecule has 0 spiro atoms. The molecule has 0 amide bonds. The molecule has 0 saturated carbocycles. The molecule has 8 nitrogen and oxygen atoms in total. The molecule has 35 heavy (non-hydrogen) atoms. The Hall–Kier alpha value is -2.45. The Bertz CT molecular complexity index is 731. The van der Waals surface area contributed by atoms with Crippen LogP contribution in [0.25, 0.3) is 0 Å². The van der Waals surface area contributed by atoms with Crippen molar-refractivity contribution < 1.29 is 38.1 Å². The third kappa shape index (κ3) is 15.2. The van der Waals surface area contributed by atoms with Gasteiger partial charge in [-0.3, -0.25) is 4.79 Å². The van der Waals surface area contributed by atoms with Gasteiger partial charge in [0.2, 0.25) is 0 Å². The predicted molar refractivity (Wildman–Crippen MR) is 132 cm³/mol. The monoisotopic (exact) mass is 494 g/mol. The van der Waals surface area contributed by atoms with E-state index in [0.717, 1.165) is 19.3 Å². The van der Waals surface area contributed by atoms with E-state index in [2.05, 4.69) is 13.8 Å². The molecular weight excluding hydrogens is 452 g/mol. The quantitative estimate of drug-likeness (QED) is 0.153. The standard InChI is InChI=1S/C27H42O8/c1-5-14-34-26(29)24-10-12-25(13-11-24)27(30)35-18-7-16-32-20-22(3)9-8-21(2)19-31-15-6-17-33-23(4)28/h10-13,21-22H,5-9,14-20H2,1-4H3. The van der Waals surface area contributed by atoms with Gasteiger partial charge in [-0.05, 0) is 55.4 Å². The minimum Gasteiger partial charge on any atom is -0.466 e. The summed E-state index contributed by atoms with van der Waals surface area (Å²) < 4.78 is 26.6. The molecule has 1 aromatic carbocycles. The first-order valence-corrected chi connectivity index (χ1v) is 12.6. The lowest BCUT2D eigenvalue weighted by atomic mass is 9.99. The Morgan fingerprint density at radius 1 is 0.686 bits per heavy atom. The molecule has 1 aromatic rings. The van der Waals surface area contributed by atoms with E-state index in [-0.39, 0.29) is 12.6 Å². The average molecular weight is 495 g/mol. The summed E-state index contributed by atoms with van der Waals surface area (Å²) in [7, 11) is 0. The van der Waals surface area contributed by atoms with Gasteiger partial charge in [-0.1, -0.05) is 20.8 Å². The lowest BCUT2D eigenvalue weighted by Gasteiger charge is -2.16. The number of esters is 3. The maximum Gasteiger partial charge on any atom is 0.338 e. The molecule has 0 radical (unpaired) electrons. The highest BCUT2D eigenvalue weighted by Gasteiger charge is 2.11. The van der Waals surface area contributed by atoms with Gasteiger partial charge in [-0.15, -0.1) is 0 Å². The van der Waals surface area contributed by atoms with E-state index in [1.54, 1.807) is 24.3 Å². The summed E-state index contributed by atoms with van der Waals surface area (Å²) in [5.74, 6) is -0.179. The largest absolute Gasteiger partial charge is 0.466 e. The van der Waals surface area contributed by atoms with E-state index >= 15 is 0 Å². The van der Waals surface area contributed by atoms with E-state index in [9.17, 15) is 14.4 Å². The van der Waals surface area contributed by atoms with Crippen molar-refractivity contribution in [3.05, 3.63) is 35.4 Å². The van der Waals surface area contributed by atoms with Crippen molar-refractivity contribution in [2.45, 2.75) is 59.8 Å². The van der Waals surface area contributed by atoms with Crippen molar-refractivity contribution in [2.75, 3.05) is 46.2 Å². The van der Waals surface area contributed by atoms with Crippen molar-refractivity contribution in [3.8, 4) is 0 Å². The molecule has 0 saturated heterocycles. The van der Waals surface area contributed by atoms with Crippen LogP contribution in [0.1, 0.15) is 80.5 Å². The Morgan fingerprint density at radius 2 is 1.11 bits per heavy atom. The molecule has 0 aliphatic heterocycles. The lowest BCUT2D eigenvalue weighted by Crippen LogP contribution is -2.13. The SMILES string of the molecule is CCCOC(=O)c1ccc(C(=O)OCCCOCC(C)CCC(C)COCCCOC(C)=O)cc1. The Morgan fingerprint density at radius 3 is 1.54 bits per heavy atom. The zero-order valence-corrected chi connectivity index (χ0v) is 21.7. The van der Waals surface area contributed by atoms with Gasteiger partial charge in [0.15, 0.2) is 0 Å². The van der Waals surface area contributed by atoms with E-state index in [1.165, 1.54) is 6.92 Å². The first-order chi connectivity index (χ1) is 16.8. The molecule has 0 aliphatic rings. The van der Waals surface area contributed by atoms with Crippen molar-refractivity contribution in [2.24, 2.45) is 11.8 Å². The number of carbonyl (C=O) groups excluding carboxylic acids is 3. The summed E-state index contributed by atoms with van der Waals surface area (Å²) in [5.41, 5.74) is 0.810. The van der Waals surface area contributed by atoms with Crippen LogP contribution in [0.5, 0.6) is 0 Å². The molecule has 2 unspecified atom stereocenters. The number of carbonyl (C=O) groups is 3. The number of hydrogen-bond acceptors (Lipinski definition) is 8. The molecule has 0 bridgehead atoms. The van der Waals surface area contributed by atoms with Gasteiger partial charge in [-0.2, -0.15) is 0 Å². The first kappa shape index (κ1) is 30.6. The van der Waals surface area contributed by atoms with Crippen molar-refractivity contribution in [1.29, 1.82) is 0 Å². The molecule has 0 N–H and O–H groups in total. The number of rotatable bonds is 19. The van der Waals surface area contributed by atoms with E-state index in [0.29, 0.717) is 75.4 Å². The van der Waals surface area contributed by atoms with Crippen LogP contribution in [0.15, 0.2) is 24.3 Å². The summed E-state index contributed by atoms with van der Waals surface area (Å²) in [6, 6.07) is 6.27. The summed E-state index contributed by atoms with van der Waals surface area (Å²) in [5, 5.41) is 0. The first-order valence-electron chi connectivity index (χ1n) is 12.6. The van der Waals surface area contributed by atoms with Crippen molar-refractivity contribution >= 4 is 17.9 Å². The third-order valence-electron chi connectivity index (χ3n) is 5.16. The molecule has 198 valence electrons. The topological polar surface area (TPSA) is 97.4 Å². The maximum absolute atomic E-state index is 12.1. The predicted octanol–water partition coefficient (Wildman–Crippen LogP) is 4.84. The lowest BCUT2D eigenvalue weighted by molar-refractivity contribution is -0.141. The molecular formula is C27H42O8. The molecule has 0 aromatic heterocycles. The van der Waals surface area contributed by atoms with Gasteiger partial charge in [0, 0.05) is 46.2 Å². The van der Waals surface area contributed by atoms with E-state index in [1.807, 2.05) is 6.92 Å². The van der Waals surface area contributed by atoms with Crippen LogP contribution >= 0.6 is 0 Å². The summed E-state index contributed by atoms with van der Waals surface area (Å²) in [6.45, 7) is 11.2. The van der Waals surface area contributed by atoms with Gasteiger partial charge >= 0.3 is 17.9 Å². The van der Waals surface area contributed by atoms with Gasteiger partial charge < -0.3 is 23.7 Å². The van der Waals surface area contributed by atoms with Crippen LogP contribution in [0.4, 0.5) is 0 Å². The normalized spacial score (nSPS) is 12.6. The minimum atomic E-state index is -0.422. The molecule has 0 heterocycles. The van der Waals surface area contributed by atoms with Gasteiger partial charge in [0.1, 0.15) is 0 Å². The van der Waals surface area contributed by atoms with Crippen LogP contribution in [-0.2, 0) is 28.5 Å². The van der Waals surface area contributed by atoms with Gasteiger partial charge in [-0.25, -0.2) is 9.59 Å². The molecule has 2 atom stereocenters. The van der Waals surface area contributed by atoms with Crippen LogP contribution in [0, 0.1) is 11.8 Å². The highest BCUT2D eigenvalue weighted by molar-refractivity contribution is 5.93. The second kappa shape index (κ2) is 18.8. The highest BCUT2D eigenvalue weighted by atomic mass is 16.5. The average Bonchev–Trinajstić information content (AvgIpc) is 2.85. The Labute approximate surface area is 209 Å². The van der Waals surface area contributed by atoms with Crippen LogP contribution in [0.2, 0.25) is 0 Å². The van der Waals surface area contributed by atoms with E-state index < -0.39 is 11.9 Å². The zero-order chi connectivity index (χ0) is 25.9. The summed E-state index contributed by atoms with van der Waals surface area (Å²) >= 11 is 0. The molecule has 8 heteroatoms. The van der Waals surface area contributed by atoms with Crippen LogP contribution < -0.4 is 0 Å². The third-order valence-corrected chi connectivity index (χ3v) is 5.16. The van der Waals surface area contributed by atoms with Gasteiger partial charge in [0.25, 0.3) is 0 Å². The maximum atomic E-state index is 12.1. The minimum absolute atomic E-state index is 0.259. The highest BCUT2D eigenvalue weighted by Crippen LogP contribution is 2.14. The summed E-state index contributed by atoms with van der Waals surface area (Å²) in [6.07, 6.45) is 4.21. The van der Waals surface area contributed by atoms with Crippen LogP contribution in [-0.4, -0.2) is 64.2 Å². The summed E-state index contributed by atoms with van der Waals surface area (Å²) in [4.78, 5) is 34.6. The molecule has 1 rings (SSSR count). The van der Waals surface area contributed by atoms with Gasteiger partial charge in [0.05, 0.1) is 30.9 Å². The van der Waals surface area contributed by atoms with Crippen molar-refractivity contribution in [1.82, 2.24) is 0 Å². The molecule has 0 aliphatic carbocycles. The smallest absolute Gasteiger partial charge is 0.338 e.